The molecular weight excluding hydrogens is 443 g/mol. The largest absolute Gasteiger partial charge is 0.357 e. The van der Waals surface area contributed by atoms with Crippen molar-refractivity contribution in [2.45, 2.75) is 45.6 Å². The Labute approximate surface area is 171 Å². The Kier molecular flexibility index (Phi) is 7.68. The zero-order valence-corrected chi connectivity index (χ0v) is 18.2. The summed E-state index contributed by atoms with van der Waals surface area (Å²) in [6.45, 7) is 7.98. The van der Waals surface area contributed by atoms with Gasteiger partial charge < -0.3 is 10.6 Å². The van der Waals surface area contributed by atoms with Gasteiger partial charge in [-0.05, 0) is 38.3 Å². The maximum absolute atomic E-state index is 4.71. The number of aliphatic imine (C=N–C) groups is 1. The number of thiazole rings is 1. The van der Waals surface area contributed by atoms with Crippen molar-refractivity contribution in [1.29, 1.82) is 0 Å². The number of halogens is 1. The van der Waals surface area contributed by atoms with Crippen LogP contribution in [-0.2, 0) is 6.42 Å². The van der Waals surface area contributed by atoms with E-state index in [4.69, 9.17) is 4.99 Å². The van der Waals surface area contributed by atoms with Crippen LogP contribution in [0.15, 0.2) is 34.6 Å². The second-order valence-electron chi connectivity index (χ2n) is 6.32. The molecule has 2 atom stereocenters. The summed E-state index contributed by atoms with van der Waals surface area (Å²) in [7, 11) is 0. The van der Waals surface area contributed by atoms with Gasteiger partial charge >= 0.3 is 0 Å². The molecule has 25 heavy (non-hydrogen) atoms. The van der Waals surface area contributed by atoms with Crippen molar-refractivity contribution in [3.05, 3.63) is 51.5 Å². The highest BCUT2D eigenvalue weighted by Gasteiger charge is 2.39. The molecule has 136 valence electrons. The Morgan fingerprint density at radius 3 is 2.80 bits per heavy atom. The molecule has 1 fully saturated rings. The molecule has 0 amide bonds. The van der Waals surface area contributed by atoms with E-state index in [1.54, 1.807) is 11.3 Å². The quantitative estimate of drug-likeness (QED) is 0.381. The standard InChI is InChI=1S/C19H26N4S.HI/c1-4-20-19(21-10-9-15-12-24-14(3)22-15)23-18-11-17(18)16-8-6-5-7-13(16)2;/h5-8,12,17-18H,4,9-11H2,1-3H3,(H2,20,21,23);1H. The second-order valence-corrected chi connectivity index (χ2v) is 7.38. The molecule has 1 aromatic heterocycles. The summed E-state index contributed by atoms with van der Waals surface area (Å²) < 4.78 is 0. The molecule has 1 heterocycles. The van der Waals surface area contributed by atoms with Crippen molar-refractivity contribution in [2.75, 3.05) is 13.1 Å². The number of aromatic nitrogens is 1. The van der Waals surface area contributed by atoms with E-state index in [1.165, 1.54) is 17.5 Å². The first kappa shape index (κ1) is 20.2. The molecule has 3 rings (SSSR count). The second kappa shape index (κ2) is 9.52. The zero-order valence-electron chi connectivity index (χ0n) is 15.1. The highest BCUT2D eigenvalue weighted by molar-refractivity contribution is 14.0. The van der Waals surface area contributed by atoms with Crippen molar-refractivity contribution in [3.63, 3.8) is 0 Å². The van der Waals surface area contributed by atoms with Gasteiger partial charge in [0, 0.05) is 36.9 Å². The lowest BCUT2D eigenvalue weighted by atomic mass is 10.0. The molecule has 0 bridgehead atoms. The van der Waals surface area contributed by atoms with E-state index in [2.05, 4.69) is 59.1 Å². The summed E-state index contributed by atoms with van der Waals surface area (Å²) in [6, 6.07) is 9.17. The van der Waals surface area contributed by atoms with Crippen molar-refractivity contribution in [2.24, 2.45) is 4.99 Å². The molecule has 1 aromatic carbocycles. The van der Waals surface area contributed by atoms with Gasteiger partial charge in [-0.15, -0.1) is 35.3 Å². The summed E-state index contributed by atoms with van der Waals surface area (Å²) in [4.78, 5) is 9.20. The van der Waals surface area contributed by atoms with Crippen LogP contribution in [0.4, 0.5) is 0 Å². The maximum atomic E-state index is 4.71. The maximum Gasteiger partial charge on any atom is 0.191 e. The predicted molar refractivity (Wildman–Crippen MR) is 117 cm³/mol. The van der Waals surface area contributed by atoms with Gasteiger partial charge in [-0.2, -0.15) is 0 Å². The first-order valence-electron chi connectivity index (χ1n) is 8.68. The van der Waals surface area contributed by atoms with Crippen LogP contribution in [0.3, 0.4) is 0 Å². The molecule has 0 radical (unpaired) electrons. The van der Waals surface area contributed by atoms with E-state index < -0.39 is 0 Å². The van der Waals surface area contributed by atoms with Gasteiger partial charge in [0.15, 0.2) is 5.96 Å². The smallest absolute Gasteiger partial charge is 0.191 e. The van der Waals surface area contributed by atoms with E-state index >= 15 is 0 Å². The van der Waals surface area contributed by atoms with Gasteiger partial charge in [0.1, 0.15) is 0 Å². The number of rotatable bonds is 6. The number of aryl methyl sites for hydroxylation is 2. The lowest BCUT2D eigenvalue weighted by Crippen LogP contribution is -2.39. The van der Waals surface area contributed by atoms with Crippen molar-refractivity contribution < 1.29 is 0 Å². The van der Waals surface area contributed by atoms with Crippen LogP contribution in [0.25, 0.3) is 0 Å². The van der Waals surface area contributed by atoms with Gasteiger partial charge in [0.2, 0.25) is 0 Å². The Morgan fingerprint density at radius 1 is 1.32 bits per heavy atom. The van der Waals surface area contributed by atoms with Crippen molar-refractivity contribution >= 4 is 41.3 Å². The average molecular weight is 470 g/mol. The third-order valence-electron chi connectivity index (χ3n) is 4.35. The minimum Gasteiger partial charge on any atom is -0.357 e. The van der Waals surface area contributed by atoms with E-state index in [0.29, 0.717) is 12.0 Å². The Morgan fingerprint density at radius 2 is 2.12 bits per heavy atom. The molecule has 2 unspecified atom stereocenters. The average Bonchev–Trinajstić information content (AvgIpc) is 3.19. The Bertz CT molecular complexity index is 713. The van der Waals surface area contributed by atoms with Gasteiger partial charge in [0.05, 0.1) is 10.7 Å². The SMILES string of the molecule is CCNC(=NCCc1csc(C)n1)NC1CC1c1ccccc1C.I. The Hall–Kier alpha value is -1.15. The number of benzene rings is 1. The summed E-state index contributed by atoms with van der Waals surface area (Å²) in [5.41, 5.74) is 3.98. The van der Waals surface area contributed by atoms with Crippen LogP contribution in [0.5, 0.6) is 0 Å². The summed E-state index contributed by atoms with van der Waals surface area (Å²) >= 11 is 1.70. The number of guanidine groups is 1. The molecule has 2 N–H and O–H groups in total. The van der Waals surface area contributed by atoms with Crippen LogP contribution in [0, 0.1) is 13.8 Å². The van der Waals surface area contributed by atoms with E-state index in [0.717, 1.165) is 36.2 Å². The van der Waals surface area contributed by atoms with Gasteiger partial charge in [0.25, 0.3) is 0 Å². The van der Waals surface area contributed by atoms with Crippen LogP contribution >= 0.6 is 35.3 Å². The van der Waals surface area contributed by atoms with E-state index in [9.17, 15) is 0 Å². The summed E-state index contributed by atoms with van der Waals surface area (Å²) in [5, 5.41) is 10.2. The van der Waals surface area contributed by atoms with E-state index in [1.807, 2.05) is 6.92 Å². The third-order valence-corrected chi connectivity index (χ3v) is 5.17. The van der Waals surface area contributed by atoms with Gasteiger partial charge in [-0.3, -0.25) is 4.99 Å². The molecule has 2 aromatic rings. The van der Waals surface area contributed by atoms with Crippen LogP contribution in [0.1, 0.15) is 41.1 Å². The Balaban J connectivity index is 0.00000225. The molecule has 1 aliphatic carbocycles. The normalized spacial score (nSPS) is 19.2. The summed E-state index contributed by atoms with van der Waals surface area (Å²) in [5.74, 6) is 1.53. The molecule has 6 heteroatoms. The monoisotopic (exact) mass is 470 g/mol. The lowest BCUT2D eigenvalue weighted by Gasteiger charge is -2.12. The molecular formula is C19H27IN4S. The first-order chi connectivity index (χ1) is 11.7. The fourth-order valence-electron chi connectivity index (χ4n) is 3.00. The minimum absolute atomic E-state index is 0. The molecule has 0 saturated heterocycles. The molecule has 0 spiro atoms. The molecule has 4 nitrogen and oxygen atoms in total. The number of hydrogen-bond donors (Lipinski definition) is 2. The van der Waals surface area contributed by atoms with Gasteiger partial charge in [-0.25, -0.2) is 4.98 Å². The number of nitrogens with one attached hydrogen (secondary N) is 2. The van der Waals surface area contributed by atoms with Crippen LogP contribution < -0.4 is 10.6 Å². The minimum atomic E-state index is 0. The lowest BCUT2D eigenvalue weighted by molar-refractivity contribution is 0.789. The molecule has 1 saturated carbocycles. The van der Waals surface area contributed by atoms with Crippen molar-refractivity contribution in [1.82, 2.24) is 15.6 Å². The fraction of sp³-hybridized carbons (Fsp3) is 0.474. The van der Waals surface area contributed by atoms with Crippen molar-refractivity contribution in [3.8, 4) is 0 Å². The summed E-state index contributed by atoms with van der Waals surface area (Å²) in [6.07, 6.45) is 2.08. The highest BCUT2D eigenvalue weighted by atomic mass is 127. The third kappa shape index (κ3) is 5.67. The van der Waals surface area contributed by atoms with Crippen LogP contribution in [0.2, 0.25) is 0 Å². The van der Waals surface area contributed by atoms with E-state index in [-0.39, 0.29) is 24.0 Å². The first-order valence-corrected chi connectivity index (χ1v) is 9.56. The highest BCUT2D eigenvalue weighted by Crippen LogP contribution is 2.41. The molecule has 1 aliphatic rings. The fourth-order valence-corrected chi connectivity index (χ4v) is 3.65. The number of hydrogen-bond acceptors (Lipinski definition) is 3. The predicted octanol–water partition coefficient (Wildman–Crippen LogP) is 4.03. The molecule has 0 aliphatic heterocycles. The van der Waals surface area contributed by atoms with Gasteiger partial charge in [-0.1, -0.05) is 24.3 Å². The topological polar surface area (TPSA) is 49.3 Å². The van der Waals surface area contributed by atoms with Crippen LogP contribution in [-0.4, -0.2) is 30.1 Å². The number of nitrogens with zero attached hydrogens (tertiary/aromatic N) is 2. The zero-order chi connectivity index (χ0) is 16.9.